The number of nitriles is 2. The molecule has 0 amide bonds. The van der Waals surface area contributed by atoms with Crippen molar-refractivity contribution in [1.29, 1.82) is 10.5 Å². The largest absolute Gasteiger partial charge is 2.00 e. The number of benzene rings is 2. The Balaban J connectivity index is 0.000000240. The first-order valence-corrected chi connectivity index (χ1v) is 16.4. The minimum Gasteiger partial charge on any atom is -0.671 e. The number of aromatic nitrogens is 2. The van der Waals surface area contributed by atoms with Crippen molar-refractivity contribution in [3.8, 4) is 12.1 Å². The van der Waals surface area contributed by atoms with Crippen LogP contribution in [0.5, 0.6) is 0 Å². The van der Waals surface area contributed by atoms with Crippen LogP contribution in [0.25, 0.3) is 20.8 Å². The maximum absolute atomic E-state index is 14.7. The molecule has 4 aromatic rings. The van der Waals surface area contributed by atoms with Gasteiger partial charge in [-0.05, 0) is 74.3 Å². The molecule has 0 radical (unpaired) electrons. The molecule has 0 unspecified atom stereocenters. The third-order valence-electron chi connectivity index (χ3n) is 9.20. The van der Waals surface area contributed by atoms with Crippen molar-refractivity contribution in [2.75, 3.05) is 0 Å². The Morgan fingerprint density at radius 1 is 0.618 bits per heavy atom. The molecule has 0 bridgehead atoms. The Labute approximate surface area is 330 Å². The minimum atomic E-state index is -0.757. The monoisotopic (exact) mass is 828 g/mol. The maximum Gasteiger partial charge on any atom is 2.00 e. The molecule has 8 nitrogen and oxygen atoms in total. The summed E-state index contributed by atoms with van der Waals surface area (Å²) in [5.74, 6) is -2.90. The van der Waals surface area contributed by atoms with Gasteiger partial charge in [0, 0.05) is 23.3 Å². The van der Waals surface area contributed by atoms with Gasteiger partial charge in [-0.1, -0.05) is 38.8 Å². The van der Waals surface area contributed by atoms with Gasteiger partial charge in [0.1, 0.15) is 35.4 Å². The molecule has 0 N–H and O–H groups in total. The van der Waals surface area contributed by atoms with Crippen molar-refractivity contribution in [2.24, 2.45) is 9.98 Å². The summed E-state index contributed by atoms with van der Waals surface area (Å²) in [4.78, 5) is 24.9. The topological polar surface area (TPSA) is 109 Å². The smallest absolute Gasteiger partial charge is 0.671 e. The van der Waals surface area contributed by atoms with E-state index in [9.17, 15) is 28.1 Å². The number of halogens is 4. The quantitative estimate of drug-likeness (QED) is 0.116. The Kier molecular flexibility index (Phi) is 12.3. The summed E-state index contributed by atoms with van der Waals surface area (Å²) in [6.45, 7) is 28.5. The first-order valence-electron chi connectivity index (χ1n) is 16.4. The maximum atomic E-state index is 14.7. The Hall–Kier alpha value is -6.36. The number of hydrogen-bond donors (Lipinski definition) is 0. The SMILES string of the molecule is [C-]#[N+]c1c(C)[n-]c(/C(=C2\N=C(C)C(C#N)=C2C)c2ccc(F)cc2F)c1C.[C-]#[N+]c1c(C)[n-]c(/C(=C2\N=C(C)C(C#N)=C2C)c2ccc(F)cc2F)c1C.[Pd+2]. The predicted octanol–water partition coefficient (Wildman–Crippen LogP) is 10.3. The number of aliphatic imine (C=N–C) groups is 2. The number of allylic oxidation sites excluding steroid dienone is 4. The van der Waals surface area contributed by atoms with Gasteiger partial charge in [-0.25, -0.2) is 27.3 Å². The van der Waals surface area contributed by atoms with Crippen LogP contribution in [0.2, 0.25) is 0 Å². The fourth-order valence-electron chi connectivity index (χ4n) is 6.52. The Morgan fingerprint density at radius 3 is 1.22 bits per heavy atom. The van der Waals surface area contributed by atoms with Gasteiger partial charge in [-0.2, -0.15) is 21.9 Å². The molecular formula is C42H30F4N8Pd. The molecular weight excluding hydrogens is 799 g/mol. The standard InChI is InChI=1S/2C21H15F2N4.Pd/c2*1-10-16(9-24)12(3)26-20(10)18(15-7-6-14(22)8-17(15)23)21-11(2)19(25-5)13(4)27-21;/h2*6-8H,1-4H3;/q2*-1;+2/b2*20-18-;. The summed E-state index contributed by atoms with van der Waals surface area (Å²) < 4.78 is 56.3. The van der Waals surface area contributed by atoms with E-state index in [-0.39, 0.29) is 31.5 Å². The van der Waals surface area contributed by atoms with Crippen LogP contribution < -0.4 is 9.97 Å². The molecule has 55 heavy (non-hydrogen) atoms. The van der Waals surface area contributed by atoms with Crippen molar-refractivity contribution >= 4 is 33.9 Å². The van der Waals surface area contributed by atoms with Gasteiger partial charge in [0.2, 0.25) is 0 Å². The zero-order valence-electron chi connectivity index (χ0n) is 30.9. The Morgan fingerprint density at radius 2 is 0.964 bits per heavy atom. The number of aryl methyl sites for hydroxylation is 2. The van der Waals surface area contributed by atoms with Gasteiger partial charge in [-0.15, -0.1) is 11.4 Å². The van der Waals surface area contributed by atoms with Crippen molar-refractivity contribution < 1.29 is 38.0 Å². The molecule has 0 fully saturated rings. The van der Waals surface area contributed by atoms with Crippen LogP contribution in [-0.4, -0.2) is 11.4 Å². The van der Waals surface area contributed by atoms with E-state index in [0.717, 1.165) is 24.3 Å². The van der Waals surface area contributed by atoms with Crippen LogP contribution >= 0.6 is 0 Å². The second-order valence-corrected chi connectivity index (χ2v) is 12.6. The average molecular weight is 829 g/mol. The zero-order valence-corrected chi connectivity index (χ0v) is 32.4. The van der Waals surface area contributed by atoms with Crippen LogP contribution in [0, 0.1) is 86.8 Å². The van der Waals surface area contributed by atoms with E-state index in [4.69, 9.17) is 13.1 Å². The van der Waals surface area contributed by atoms with E-state index in [1.807, 2.05) is 0 Å². The van der Waals surface area contributed by atoms with E-state index in [2.05, 4.69) is 41.8 Å². The Bertz CT molecular complexity index is 2490. The van der Waals surface area contributed by atoms with E-state index >= 15 is 0 Å². The first-order chi connectivity index (χ1) is 25.6. The third-order valence-corrected chi connectivity index (χ3v) is 9.20. The summed E-state index contributed by atoms with van der Waals surface area (Å²) in [7, 11) is 0. The van der Waals surface area contributed by atoms with E-state index in [1.165, 1.54) is 12.1 Å². The molecule has 2 aliphatic rings. The number of hydrogen-bond acceptors (Lipinski definition) is 4. The van der Waals surface area contributed by atoms with Gasteiger partial charge < -0.3 is 9.97 Å². The summed E-state index contributed by atoms with van der Waals surface area (Å²) in [5, 5.41) is 18.8. The number of nitrogens with zero attached hydrogens (tertiary/aromatic N) is 8. The molecule has 0 aliphatic carbocycles. The summed E-state index contributed by atoms with van der Waals surface area (Å²) in [5.41, 5.74) is 8.70. The summed E-state index contributed by atoms with van der Waals surface area (Å²) >= 11 is 0. The van der Waals surface area contributed by atoms with Gasteiger partial charge >= 0.3 is 20.4 Å². The van der Waals surface area contributed by atoms with Gasteiger partial charge in [0.05, 0.1) is 47.1 Å². The van der Waals surface area contributed by atoms with E-state index in [1.54, 1.807) is 55.4 Å². The van der Waals surface area contributed by atoms with Crippen LogP contribution in [0.3, 0.4) is 0 Å². The molecule has 276 valence electrons. The van der Waals surface area contributed by atoms with Crippen LogP contribution in [0.4, 0.5) is 28.9 Å². The number of rotatable bonds is 4. The van der Waals surface area contributed by atoms with Crippen LogP contribution in [0.15, 0.2) is 80.1 Å². The molecule has 4 heterocycles. The normalized spacial score (nSPS) is 15.2. The van der Waals surface area contributed by atoms with E-state index < -0.39 is 23.3 Å². The molecule has 13 heteroatoms. The van der Waals surface area contributed by atoms with Gasteiger partial charge in [0.25, 0.3) is 0 Å². The zero-order chi connectivity index (χ0) is 39.8. The average Bonchev–Trinajstić information content (AvgIpc) is 3.77. The molecule has 0 atom stereocenters. The summed E-state index contributed by atoms with van der Waals surface area (Å²) in [6, 6.07) is 10.8. The third kappa shape index (κ3) is 7.42. The molecule has 0 saturated carbocycles. The van der Waals surface area contributed by atoms with E-state index in [0.29, 0.717) is 102 Å². The fourth-order valence-corrected chi connectivity index (χ4v) is 6.52. The fraction of sp³-hybridized carbons (Fsp3) is 0.190. The van der Waals surface area contributed by atoms with Crippen molar-refractivity contribution in [3.05, 3.63) is 161 Å². The first kappa shape index (κ1) is 41.4. The van der Waals surface area contributed by atoms with Crippen LogP contribution in [0.1, 0.15) is 72.7 Å². The molecule has 2 aromatic heterocycles. The molecule has 0 spiro atoms. The summed E-state index contributed by atoms with van der Waals surface area (Å²) in [6.07, 6.45) is 0. The van der Waals surface area contributed by atoms with Gasteiger partial charge in [-0.3, -0.25) is 9.98 Å². The molecule has 0 saturated heterocycles. The second kappa shape index (κ2) is 16.3. The van der Waals surface area contributed by atoms with Crippen molar-refractivity contribution in [2.45, 2.75) is 55.4 Å². The molecule has 2 aliphatic heterocycles. The van der Waals surface area contributed by atoms with Crippen molar-refractivity contribution in [1.82, 2.24) is 9.97 Å². The molecule has 6 rings (SSSR count). The second-order valence-electron chi connectivity index (χ2n) is 12.6. The molecule has 2 aromatic carbocycles. The predicted molar refractivity (Wildman–Crippen MR) is 199 cm³/mol. The van der Waals surface area contributed by atoms with Crippen LogP contribution in [-0.2, 0) is 20.4 Å². The van der Waals surface area contributed by atoms with Gasteiger partial charge in [0.15, 0.2) is 11.4 Å². The van der Waals surface area contributed by atoms with Crippen molar-refractivity contribution in [3.63, 3.8) is 0 Å². The minimum absolute atomic E-state index is 0.